The van der Waals surface area contributed by atoms with Gasteiger partial charge in [-0.3, -0.25) is 27.2 Å². The number of hydrogen-bond acceptors (Lipinski definition) is 15. The molecule has 6 aromatic carbocycles. The summed E-state index contributed by atoms with van der Waals surface area (Å²) >= 11 is -0.250. The standard InChI is InChI=1S/C39H40N2O9.C19H21NO4.H2OS/c42-35(47-25-29-13-5-1-6-14-29)23-21-33(37(44)49-27-31-17-9-3-10-18-31)40-39(46)41-34(38(45)50-28-32-19-11-4-12-20-32)22-24-36(43)48-26-30-15-7-2-8-16-30;20-17(19(22)24-14-16-9-5-2-6-10-16)11-12-18(21)23-13-15-7-3-1-4-8-15;1-2/h1-20,33-34H,21-28H2,(H2,40,41,46);1-10,17H,11-14,20H2;1-2H/t33-,34-;17-;/m00./s1/i/hT. The van der Waals surface area contributed by atoms with Crippen molar-refractivity contribution in [2.75, 3.05) is 0 Å². The molecule has 76 heavy (non-hydrogen) atoms. The van der Waals surface area contributed by atoms with E-state index >= 15 is 0 Å². The van der Waals surface area contributed by atoms with E-state index in [-0.39, 0.29) is 90.5 Å². The largest absolute Gasteiger partial charge is 0.802 e. The average molecular weight is 1060 g/mol. The van der Waals surface area contributed by atoms with Crippen molar-refractivity contribution in [3.63, 3.8) is 0 Å². The van der Waals surface area contributed by atoms with E-state index in [9.17, 15) is 33.6 Å². The Labute approximate surface area is 448 Å². The fraction of sp³-hybridized carbons (Fsp3) is 0.259. The zero-order valence-electron chi connectivity index (χ0n) is 42.9. The van der Waals surface area contributed by atoms with E-state index in [1.165, 1.54) is 0 Å². The van der Waals surface area contributed by atoms with Gasteiger partial charge in [-0.25, -0.2) is 19.2 Å². The Hall–Kier alpha value is -8.32. The number of carbonyl (C=O) groups excluding carboxylic acids is 7. The van der Waals surface area contributed by atoms with Crippen molar-refractivity contribution in [1.82, 2.24) is 10.6 Å². The minimum Gasteiger partial charge on any atom is -0.802 e. The lowest BCUT2D eigenvalue weighted by molar-refractivity contribution is -0.409. The van der Waals surface area contributed by atoms with Gasteiger partial charge in [0.05, 0.1) is 7.54 Å². The molecule has 6 rings (SSSR count). The first kappa shape index (κ1) is 58.6. The summed E-state index contributed by atoms with van der Waals surface area (Å²) in [5.74, 6) is -3.47. The minimum atomic E-state index is -1.26. The maximum Gasteiger partial charge on any atom is 0.365 e. The predicted molar refractivity (Wildman–Crippen MR) is 281 cm³/mol. The number of nitrogens with one attached hydrogen (secondary N) is 2. The molecule has 17 nitrogen and oxygen atoms in total. The quantitative estimate of drug-likeness (QED) is 0.0178. The lowest BCUT2D eigenvalue weighted by atomic mass is 10.1. The van der Waals surface area contributed by atoms with E-state index in [0.29, 0.717) is 6.42 Å². The smallest absolute Gasteiger partial charge is 0.365 e. The molecule has 5 N–H and O–H groups in total. The summed E-state index contributed by atoms with van der Waals surface area (Å²) in [7, 11) is 0. The molecule has 0 spiro atoms. The lowest BCUT2D eigenvalue weighted by Crippen LogP contribution is -2.65. The third-order valence-electron chi connectivity index (χ3n) is 10.9. The maximum atomic E-state index is 13.3. The summed E-state index contributed by atoms with van der Waals surface area (Å²) in [5.41, 5.74) is 8.66. The molecule has 0 aromatic heterocycles. The van der Waals surface area contributed by atoms with Gasteiger partial charge in [0, 0.05) is 19.3 Å². The molecule has 0 aliphatic rings. The van der Waals surface area contributed by atoms with Gasteiger partial charge in [0.25, 0.3) is 0 Å². The van der Waals surface area contributed by atoms with Gasteiger partial charge in [-0.2, -0.15) is 0 Å². The van der Waals surface area contributed by atoms with Crippen LogP contribution in [-0.2, 0) is 96.8 Å². The Morgan fingerprint density at radius 2 is 0.618 bits per heavy atom. The highest BCUT2D eigenvalue weighted by molar-refractivity contribution is 7.73. The Balaban J connectivity index is 0.000000394. The van der Waals surface area contributed by atoms with E-state index in [4.69, 9.17) is 34.1 Å². The summed E-state index contributed by atoms with van der Waals surface area (Å²) in [6, 6.07) is 51.0. The molecule has 0 aliphatic heterocycles. The molecular weight excluding hydrogens is 995 g/mol. The van der Waals surface area contributed by atoms with Crippen molar-refractivity contribution in [3.05, 3.63) is 215 Å². The second-order valence-corrected chi connectivity index (χ2v) is 16.8. The molecule has 400 valence electrons. The van der Waals surface area contributed by atoms with Gasteiger partial charge in [0.2, 0.25) is 0 Å². The number of ether oxygens (including phenoxy) is 6. The van der Waals surface area contributed by atoms with E-state index in [1.54, 1.807) is 48.5 Å². The average Bonchev–Trinajstić information content (AvgIpc) is 3.47. The number of carbonyl (C=O) groups is 7. The molecule has 0 aliphatic carbocycles. The first-order chi connectivity index (χ1) is 37.4. The van der Waals surface area contributed by atoms with Crippen LogP contribution < -0.4 is 16.4 Å². The molecule has 3 atom stereocenters. The number of rotatable bonds is 26. The maximum absolute atomic E-state index is 13.3. The fourth-order valence-electron chi connectivity index (χ4n) is 6.73. The van der Waals surface area contributed by atoms with Gasteiger partial charge >= 0.3 is 41.8 Å². The molecule has 0 saturated heterocycles. The van der Waals surface area contributed by atoms with Gasteiger partial charge < -0.3 is 49.3 Å². The first-order valence-electron chi connectivity index (χ1n) is 24.7. The van der Waals surface area contributed by atoms with E-state index < -0.39 is 54.0 Å². The van der Waals surface area contributed by atoms with Crippen molar-refractivity contribution < 1.29 is 72.3 Å². The fourth-order valence-corrected chi connectivity index (χ4v) is 6.73. The van der Waals surface area contributed by atoms with Crippen molar-refractivity contribution in [2.24, 2.45) is 0 Å². The van der Waals surface area contributed by atoms with Crippen LogP contribution in [0, 0.1) is 0 Å². The molecule has 0 radical (unpaired) electrons. The van der Waals surface area contributed by atoms with Crippen LogP contribution in [0.2, 0.25) is 0 Å². The molecule has 0 heterocycles. The van der Waals surface area contributed by atoms with Crippen molar-refractivity contribution >= 4 is 54.7 Å². The predicted octanol–water partition coefficient (Wildman–Crippen LogP) is 7.47. The Kier molecular flexibility index (Phi) is 27.6. The summed E-state index contributed by atoms with van der Waals surface area (Å²) < 4.78 is 46.0. The third kappa shape index (κ3) is 25.1. The number of thiol groups is 1. The molecule has 6 aromatic rings. The number of urea groups is 1. The van der Waals surface area contributed by atoms with Crippen molar-refractivity contribution in [2.45, 2.75) is 96.3 Å². The van der Waals surface area contributed by atoms with E-state index in [2.05, 4.69) is 16.4 Å². The van der Waals surface area contributed by atoms with Gasteiger partial charge in [-0.1, -0.05) is 182 Å². The zero-order chi connectivity index (χ0) is 55.3. The van der Waals surface area contributed by atoms with Crippen LogP contribution in [0.4, 0.5) is 4.79 Å². The summed E-state index contributed by atoms with van der Waals surface area (Å²) in [6.07, 6.45) is -0.224. The van der Waals surface area contributed by atoms with Gasteiger partial charge in [-0.05, 0) is 46.2 Å². The van der Waals surface area contributed by atoms with E-state index in [0.717, 1.165) is 33.4 Å². The molecule has 0 unspecified atom stereocenters. The van der Waals surface area contributed by atoms with Crippen LogP contribution >= 0.6 is 12.8 Å². The summed E-state index contributed by atoms with van der Waals surface area (Å²) in [4.78, 5) is 88.3. The number of quaternary nitrogens is 1. The van der Waals surface area contributed by atoms with Gasteiger partial charge in [0.1, 0.15) is 51.7 Å². The van der Waals surface area contributed by atoms with Crippen LogP contribution in [0.1, 0.15) is 71.9 Å². The second kappa shape index (κ2) is 35.8. The molecule has 0 fully saturated rings. The van der Waals surface area contributed by atoms with Crippen LogP contribution in [0.25, 0.3) is 0 Å². The summed E-state index contributed by atoms with van der Waals surface area (Å²) in [6.45, 7) is 0.438. The van der Waals surface area contributed by atoms with Crippen molar-refractivity contribution in [1.29, 1.82) is 1.12 Å². The molecule has 2 amide bonds. The van der Waals surface area contributed by atoms with Crippen molar-refractivity contribution in [3.8, 4) is 0 Å². The molecule has 18 heteroatoms. The Morgan fingerprint density at radius 1 is 0.395 bits per heavy atom. The van der Waals surface area contributed by atoms with Crippen LogP contribution in [0.15, 0.2) is 182 Å². The monoisotopic (exact) mass is 1060 g/mol. The Bertz CT molecular complexity index is 2540. The number of hydrogen-bond donors (Lipinski definition) is 4. The highest BCUT2D eigenvalue weighted by atomic mass is 32.1. The minimum absolute atomic E-state index is 0.0528. The molecule has 0 bridgehead atoms. The lowest BCUT2D eigenvalue weighted by Gasteiger charge is -2.21. The van der Waals surface area contributed by atoms with Crippen LogP contribution in [0.3, 0.4) is 0 Å². The first-order valence-corrected chi connectivity index (χ1v) is 24.6. The summed E-state index contributed by atoms with van der Waals surface area (Å²) in [5, 5.41) is 5.04. The van der Waals surface area contributed by atoms with E-state index in [1.807, 2.05) is 133 Å². The SMILES string of the molecule is O=C(N[C@@H](CCC(=O)OCc1ccccc1)C(=O)OCc1ccccc1)N[C@@H](CCC(=O)OCc1ccccc1)C(=O)OCc1ccccc1.[3H]S[O-].[NH3+][C@@H](CCC(=O)OCc1ccccc1)C(=O)OCc1ccccc1. The highest BCUT2D eigenvalue weighted by Crippen LogP contribution is 2.12. The highest BCUT2D eigenvalue weighted by Gasteiger charge is 2.29. The third-order valence-corrected chi connectivity index (χ3v) is 10.9. The normalized spacial score (nSPS) is 11.6. The molecule has 0 saturated carbocycles. The number of esters is 6. The van der Waals surface area contributed by atoms with Crippen LogP contribution in [-0.4, -0.2) is 65.6 Å². The van der Waals surface area contributed by atoms with Crippen LogP contribution in [0.5, 0.6) is 0 Å². The topological polar surface area (TPSA) is 250 Å². The zero-order valence-corrected chi connectivity index (χ0v) is 42.7. The number of benzene rings is 6. The Morgan fingerprint density at radius 3 is 0.882 bits per heavy atom. The van der Waals surface area contributed by atoms with Gasteiger partial charge in [0.15, 0.2) is 6.04 Å². The number of amides is 2. The second-order valence-electron chi connectivity index (χ2n) is 16.8. The molecular formula is C58H63N3O14S. The van der Waals surface area contributed by atoms with Gasteiger partial charge in [-0.15, -0.1) is 0 Å².